The van der Waals surface area contributed by atoms with Crippen molar-refractivity contribution in [2.45, 2.75) is 32.7 Å². The molecule has 1 rings (SSSR count). The minimum Gasteiger partial charge on any atom is -0.497 e. The summed E-state index contributed by atoms with van der Waals surface area (Å²) in [5.41, 5.74) is 1.25. The Hall–Kier alpha value is -1.02. The predicted molar refractivity (Wildman–Crippen MR) is 118 cm³/mol. The summed E-state index contributed by atoms with van der Waals surface area (Å²) < 4.78 is 5.25. The molecule has 1 aromatic carbocycles. The molecule has 5 nitrogen and oxygen atoms in total. The van der Waals surface area contributed by atoms with Crippen LogP contribution in [0.1, 0.15) is 38.3 Å². The zero-order chi connectivity index (χ0) is 17.9. The Morgan fingerprint density at radius 3 is 2.28 bits per heavy atom. The summed E-state index contributed by atoms with van der Waals surface area (Å²) in [6.07, 6.45) is 2.37. The van der Waals surface area contributed by atoms with Crippen molar-refractivity contribution in [1.29, 1.82) is 0 Å². The highest BCUT2D eigenvalue weighted by Crippen LogP contribution is 2.21. The number of hydrogen-bond donors (Lipinski definition) is 1. The monoisotopic (exact) mass is 462 g/mol. The van der Waals surface area contributed by atoms with Crippen LogP contribution in [-0.4, -0.2) is 63.6 Å². The van der Waals surface area contributed by atoms with Gasteiger partial charge in [0.2, 0.25) is 0 Å². The number of rotatable bonds is 9. The van der Waals surface area contributed by atoms with Crippen LogP contribution in [0.25, 0.3) is 0 Å². The lowest BCUT2D eigenvalue weighted by atomic mass is 10.1. The van der Waals surface area contributed by atoms with Crippen LogP contribution in [0.3, 0.4) is 0 Å². The second-order valence-corrected chi connectivity index (χ2v) is 6.22. The smallest absolute Gasteiger partial charge is 0.193 e. The van der Waals surface area contributed by atoms with Crippen molar-refractivity contribution in [3.05, 3.63) is 29.8 Å². The van der Waals surface area contributed by atoms with E-state index in [-0.39, 0.29) is 30.0 Å². The third kappa shape index (κ3) is 8.27. The van der Waals surface area contributed by atoms with Crippen LogP contribution in [0.2, 0.25) is 0 Å². The number of benzene rings is 1. The largest absolute Gasteiger partial charge is 0.497 e. The molecule has 1 unspecified atom stereocenters. The van der Waals surface area contributed by atoms with E-state index in [4.69, 9.17) is 9.73 Å². The Morgan fingerprint density at radius 1 is 1.16 bits per heavy atom. The van der Waals surface area contributed by atoms with Gasteiger partial charge in [-0.3, -0.25) is 4.99 Å². The van der Waals surface area contributed by atoms with Gasteiger partial charge in [-0.25, -0.2) is 0 Å². The van der Waals surface area contributed by atoms with E-state index in [1.165, 1.54) is 18.4 Å². The molecule has 0 radical (unpaired) electrons. The van der Waals surface area contributed by atoms with Gasteiger partial charge in [-0.2, -0.15) is 0 Å². The Bertz CT molecular complexity index is 491. The van der Waals surface area contributed by atoms with E-state index in [2.05, 4.69) is 62.2 Å². The molecule has 6 heteroatoms. The Kier molecular flexibility index (Phi) is 12.7. The second kappa shape index (κ2) is 13.2. The third-order valence-electron chi connectivity index (χ3n) is 4.08. The van der Waals surface area contributed by atoms with Crippen molar-refractivity contribution in [2.75, 3.05) is 47.9 Å². The fraction of sp³-hybridized carbons (Fsp3) is 0.632. The molecule has 0 saturated heterocycles. The zero-order valence-electron chi connectivity index (χ0n) is 16.6. The summed E-state index contributed by atoms with van der Waals surface area (Å²) >= 11 is 0. The van der Waals surface area contributed by atoms with Gasteiger partial charge in [0.25, 0.3) is 0 Å². The highest BCUT2D eigenvalue weighted by atomic mass is 127. The lowest BCUT2D eigenvalue weighted by Crippen LogP contribution is -2.40. The van der Waals surface area contributed by atoms with E-state index < -0.39 is 0 Å². The highest BCUT2D eigenvalue weighted by Gasteiger charge is 2.15. The van der Waals surface area contributed by atoms with Crippen LogP contribution < -0.4 is 10.1 Å². The van der Waals surface area contributed by atoms with Crippen LogP contribution in [-0.2, 0) is 0 Å². The molecule has 25 heavy (non-hydrogen) atoms. The first kappa shape index (κ1) is 24.0. The van der Waals surface area contributed by atoms with E-state index in [9.17, 15) is 0 Å². The molecular weight excluding hydrogens is 427 g/mol. The van der Waals surface area contributed by atoms with E-state index in [1.54, 1.807) is 7.11 Å². The predicted octanol–water partition coefficient (Wildman–Crippen LogP) is 3.61. The molecule has 144 valence electrons. The van der Waals surface area contributed by atoms with Gasteiger partial charge in [0.15, 0.2) is 5.96 Å². The van der Waals surface area contributed by atoms with E-state index >= 15 is 0 Å². The normalized spacial score (nSPS) is 12.5. The molecule has 0 heterocycles. The molecule has 0 aliphatic rings. The fourth-order valence-corrected chi connectivity index (χ4v) is 2.54. The van der Waals surface area contributed by atoms with Crippen molar-refractivity contribution in [3.8, 4) is 5.75 Å². The third-order valence-corrected chi connectivity index (χ3v) is 4.08. The minimum atomic E-state index is 0. The first-order valence-electron chi connectivity index (χ1n) is 8.83. The van der Waals surface area contributed by atoms with Crippen molar-refractivity contribution in [3.63, 3.8) is 0 Å². The first-order chi connectivity index (χ1) is 11.5. The van der Waals surface area contributed by atoms with Crippen LogP contribution in [0.5, 0.6) is 5.75 Å². The van der Waals surface area contributed by atoms with Gasteiger partial charge < -0.3 is 19.9 Å². The number of nitrogens with one attached hydrogen (secondary N) is 1. The summed E-state index contributed by atoms with van der Waals surface area (Å²) in [5.74, 6) is 1.86. The number of likely N-dealkylation sites (N-methyl/N-ethyl adjacent to an activating group) is 1. The number of guanidine groups is 1. The van der Waals surface area contributed by atoms with E-state index in [1.807, 2.05) is 12.1 Å². The fourth-order valence-electron chi connectivity index (χ4n) is 2.54. The molecule has 1 atom stereocenters. The maximum Gasteiger partial charge on any atom is 0.193 e. The quantitative estimate of drug-likeness (QED) is 0.346. The summed E-state index contributed by atoms with van der Waals surface area (Å²) in [6, 6.07) is 8.49. The number of methoxy groups -OCH3 is 1. The van der Waals surface area contributed by atoms with Crippen molar-refractivity contribution >= 4 is 29.9 Å². The summed E-state index contributed by atoms with van der Waals surface area (Å²) in [6.45, 7) is 6.94. The van der Waals surface area contributed by atoms with Gasteiger partial charge in [0.1, 0.15) is 5.75 Å². The molecule has 0 aliphatic carbocycles. The van der Waals surface area contributed by atoms with E-state index in [0.29, 0.717) is 0 Å². The Morgan fingerprint density at radius 2 is 1.80 bits per heavy atom. The van der Waals surface area contributed by atoms with E-state index in [0.717, 1.165) is 31.3 Å². The lowest BCUT2D eigenvalue weighted by molar-refractivity contribution is 0.305. The Balaban J connectivity index is 0.00000576. The zero-order valence-corrected chi connectivity index (χ0v) is 18.9. The topological polar surface area (TPSA) is 40.1 Å². The molecule has 1 aromatic rings. The maximum atomic E-state index is 5.25. The van der Waals surface area contributed by atoms with Gasteiger partial charge in [-0.05, 0) is 45.1 Å². The van der Waals surface area contributed by atoms with Crippen molar-refractivity contribution in [1.82, 2.24) is 15.1 Å². The van der Waals surface area contributed by atoms with Gasteiger partial charge in [0.05, 0.1) is 19.7 Å². The van der Waals surface area contributed by atoms with Crippen LogP contribution >= 0.6 is 24.0 Å². The van der Waals surface area contributed by atoms with Gasteiger partial charge in [-0.1, -0.05) is 25.5 Å². The minimum absolute atomic E-state index is 0. The molecule has 0 fully saturated rings. The average Bonchev–Trinajstić information content (AvgIpc) is 2.59. The van der Waals surface area contributed by atoms with Crippen molar-refractivity contribution in [2.24, 2.45) is 4.99 Å². The summed E-state index contributed by atoms with van der Waals surface area (Å²) in [7, 11) is 7.99. The lowest BCUT2D eigenvalue weighted by Gasteiger charge is -2.26. The number of nitrogens with zero attached hydrogens (tertiary/aromatic N) is 3. The SMILES string of the molecule is CCCCN(C)C(=NCC(c1ccc(OC)cc1)N(C)C)NCC.I. The molecule has 0 spiro atoms. The highest BCUT2D eigenvalue weighted by molar-refractivity contribution is 14.0. The first-order valence-corrected chi connectivity index (χ1v) is 8.83. The summed E-state index contributed by atoms with van der Waals surface area (Å²) in [5, 5.41) is 3.39. The average molecular weight is 462 g/mol. The molecule has 0 aromatic heterocycles. The molecule has 0 aliphatic heterocycles. The second-order valence-electron chi connectivity index (χ2n) is 6.22. The van der Waals surface area contributed by atoms with Gasteiger partial charge >= 0.3 is 0 Å². The molecular formula is C19H35IN4O. The Labute approximate surface area is 170 Å². The number of ether oxygens (including phenoxy) is 1. The van der Waals surface area contributed by atoms with Gasteiger partial charge in [0, 0.05) is 20.1 Å². The number of unbranched alkanes of at least 4 members (excludes halogenated alkanes) is 1. The van der Waals surface area contributed by atoms with Crippen LogP contribution in [0.4, 0.5) is 0 Å². The standard InChI is InChI=1S/C19H34N4O.HI/c1-7-9-14-23(5)19(20-8-2)21-15-18(22(3)4)16-10-12-17(24-6)13-11-16;/h10-13,18H,7-9,14-15H2,1-6H3,(H,20,21);1H. The number of hydrogen-bond acceptors (Lipinski definition) is 3. The molecule has 1 N–H and O–H groups in total. The molecule has 0 saturated carbocycles. The van der Waals surface area contributed by atoms with Crippen LogP contribution in [0.15, 0.2) is 29.3 Å². The maximum absolute atomic E-state index is 5.25. The number of aliphatic imine (C=N–C) groups is 1. The van der Waals surface area contributed by atoms with Crippen LogP contribution in [0, 0.1) is 0 Å². The van der Waals surface area contributed by atoms with Gasteiger partial charge in [-0.15, -0.1) is 24.0 Å². The molecule has 0 bridgehead atoms. The summed E-state index contributed by atoms with van der Waals surface area (Å²) in [4.78, 5) is 9.29. The molecule has 0 amide bonds. The number of halogens is 1. The van der Waals surface area contributed by atoms with Crippen molar-refractivity contribution < 1.29 is 4.74 Å².